The van der Waals surface area contributed by atoms with Crippen LogP contribution in [0, 0.1) is 0 Å². The normalized spacial score (nSPS) is 17.6. The van der Waals surface area contributed by atoms with E-state index in [4.69, 9.17) is 16.1 Å². The first-order valence-electron chi connectivity index (χ1n) is 8.79. The maximum absolute atomic E-state index is 6.78. The molecule has 1 N–H and O–H groups in total. The van der Waals surface area contributed by atoms with E-state index in [9.17, 15) is 0 Å². The third-order valence-corrected chi connectivity index (χ3v) is 5.33. The van der Waals surface area contributed by atoms with E-state index in [0.717, 1.165) is 41.4 Å². The molecule has 2 heterocycles. The van der Waals surface area contributed by atoms with Crippen molar-refractivity contribution < 1.29 is 4.52 Å². The van der Waals surface area contributed by atoms with Gasteiger partial charge in [0.15, 0.2) is 0 Å². The molecular weight excluding hydrogens is 332 g/mol. The molecule has 0 amide bonds. The third-order valence-electron chi connectivity index (χ3n) is 4.91. The predicted octanol–water partition coefficient (Wildman–Crippen LogP) is 5.05. The molecule has 1 aliphatic heterocycles. The van der Waals surface area contributed by atoms with Crippen LogP contribution < -0.4 is 5.32 Å². The van der Waals surface area contributed by atoms with Crippen LogP contribution >= 0.6 is 11.6 Å². The minimum atomic E-state index is 0.507. The van der Waals surface area contributed by atoms with Gasteiger partial charge in [0.05, 0.1) is 10.7 Å². The SMILES string of the molecule is Clc1c(-c2ccc(Cc3ccon3)cc2)cccc1C1CCCNC1. The molecule has 25 heavy (non-hydrogen) atoms. The number of hydrogen-bond donors (Lipinski definition) is 1. The van der Waals surface area contributed by atoms with Crippen LogP contribution in [0.4, 0.5) is 0 Å². The highest BCUT2D eigenvalue weighted by molar-refractivity contribution is 6.34. The monoisotopic (exact) mass is 352 g/mol. The summed E-state index contributed by atoms with van der Waals surface area (Å²) in [4.78, 5) is 0. The standard InChI is InChI=1S/C21H21ClN2O/c22-21-19(4-1-5-20(21)17-3-2-11-23-14-17)16-8-6-15(7-9-16)13-18-10-12-25-24-18/h1,4-10,12,17,23H,2-3,11,13-14H2. The molecule has 1 saturated heterocycles. The van der Waals surface area contributed by atoms with Gasteiger partial charge in [-0.25, -0.2) is 0 Å². The largest absolute Gasteiger partial charge is 0.365 e. The molecule has 3 aromatic rings. The Morgan fingerprint density at radius 1 is 1.12 bits per heavy atom. The van der Waals surface area contributed by atoms with Crippen LogP contribution in [0.5, 0.6) is 0 Å². The van der Waals surface area contributed by atoms with Crippen LogP contribution in [-0.2, 0) is 6.42 Å². The number of nitrogens with one attached hydrogen (secondary N) is 1. The summed E-state index contributed by atoms with van der Waals surface area (Å²) in [5.41, 5.74) is 5.68. The van der Waals surface area contributed by atoms with E-state index in [1.165, 1.54) is 24.0 Å². The lowest BCUT2D eigenvalue weighted by atomic mass is 9.89. The summed E-state index contributed by atoms with van der Waals surface area (Å²) in [6.45, 7) is 2.13. The van der Waals surface area contributed by atoms with Crippen molar-refractivity contribution in [3.63, 3.8) is 0 Å². The molecule has 0 radical (unpaired) electrons. The molecule has 1 aromatic heterocycles. The van der Waals surface area contributed by atoms with E-state index in [-0.39, 0.29) is 0 Å². The summed E-state index contributed by atoms with van der Waals surface area (Å²) < 4.78 is 4.89. The van der Waals surface area contributed by atoms with Crippen molar-refractivity contribution in [3.8, 4) is 11.1 Å². The Hall–Kier alpha value is -2.10. The molecule has 128 valence electrons. The third kappa shape index (κ3) is 3.63. The van der Waals surface area contributed by atoms with Gasteiger partial charge in [0.2, 0.25) is 0 Å². The molecule has 1 aliphatic rings. The number of aromatic nitrogens is 1. The van der Waals surface area contributed by atoms with Gasteiger partial charge in [0.1, 0.15) is 6.26 Å². The van der Waals surface area contributed by atoms with Crippen LogP contribution in [-0.4, -0.2) is 18.2 Å². The van der Waals surface area contributed by atoms with E-state index < -0.39 is 0 Å². The van der Waals surface area contributed by atoms with Crippen LogP contribution in [0.2, 0.25) is 5.02 Å². The number of hydrogen-bond acceptors (Lipinski definition) is 3. The summed E-state index contributed by atoms with van der Waals surface area (Å²) in [6.07, 6.45) is 4.79. The Labute approximate surface area is 153 Å². The second kappa shape index (κ2) is 7.42. The molecule has 4 rings (SSSR count). The van der Waals surface area contributed by atoms with Crippen LogP contribution in [0.1, 0.15) is 35.6 Å². The van der Waals surface area contributed by atoms with Crippen molar-refractivity contribution in [1.82, 2.24) is 10.5 Å². The van der Waals surface area contributed by atoms with Crippen molar-refractivity contribution in [2.75, 3.05) is 13.1 Å². The molecule has 4 heteroatoms. The maximum atomic E-state index is 6.78. The molecule has 1 unspecified atom stereocenters. The van der Waals surface area contributed by atoms with Gasteiger partial charge in [-0.05, 0) is 42.0 Å². The molecule has 0 aliphatic carbocycles. The molecule has 1 atom stereocenters. The first kappa shape index (κ1) is 16.4. The highest BCUT2D eigenvalue weighted by atomic mass is 35.5. The fourth-order valence-corrected chi connectivity index (χ4v) is 3.93. The topological polar surface area (TPSA) is 38.1 Å². The highest BCUT2D eigenvalue weighted by Crippen LogP contribution is 2.36. The lowest BCUT2D eigenvalue weighted by Crippen LogP contribution is -2.28. The summed E-state index contributed by atoms with van der Waals surface area (Å²) in [5, 5.41) is 8.33. The Bertz CT molecular complexity index is 822. The smallest absolute Gasteiger partial charge is 0.124 e. The molecule has 0 saturated carbocycles. The zero-order valence-electron chi connectivity index (χ0n) is 14.0. The van der Waals surface area contributed by atoms with Crippen molar-refractivity contribution in [2.45, 2.75) is 25.2 Å². The quantitative estimate of drug-likeness (QED) is 0.713. The second-order valence-corrected chi connectivity index (χ2v) is 6.99. The Balaban J connectivity index is 1.58. The Kier molecular flexibility index (Phi) is 4.86. The minimum absolute atomic E-state index is 0.507. The molecule has 0 bridgehead atoms. The average molecular weight is 353 g/mol. The number of piperidine rings is 1. The van der Waals surface area contributed by atoms with Crippen molar-refractivity contribution in [3.05, 3.63) is 76.6 Å². The first-order valence-corrected chi connectivity index (χ1v) is 9.17. The van der Waals surface area contributed by atoms with Gasteiger partial charge in [-0.15, -0.1) is 0 Å². The summed E-state index contributed by atoms with van der Waals surface area (Å²) in [7, 11) is 0. The van der Waals surface area contributed by atoms with Gasteiger partial charge in [0, 0.05) is 24.6 Å². The van der Waals surface area contributed by atoms with Gasteiger partial charge < -0.3 is 9.84 Å². The lowest BCUT2D eigenvalue weighted by Gasteiger charge is -2.24. The summed E-state index contributed by atoms with van der Waals surface area (Å²) in [6, 6.07) is 16.8. The van der Waals surface area contributed by atoms with Gasteiger partial charge in [-0.1, -0.05) is 59.2 Å². The maximum Gasteiger partial charge on any atom is 0.124 e. The van der Waals surface area contributed by atoms with E-state index >= 15 is 0 Å². The molecular formula is C21H21ClN2O. The van der Waals surface area contributed by atoms with E-state index in [1.54, 1.807) is 6.26 Å². The van der Waals surface area contributed by atoms with Gasteiger partial charge in [-0.2, -0.15) is 0 Å². The highest BCUT2D eigenvalue weighted by Gasteiger charge is 2.19. The van der Waals surface area contributed by atoms with Gasteiger partial charge >= 0.3 is 0 Å². The zero-order chi connectivity index (χ0) is 17.1. The van der Waals surface area contributed by atoms with Crippen LogP contribution in [0.15, 0.2) is 59.3 Å². The van der Waals surface area contributed by atoms with Crippen molar-refractivity contribution >= 4 is 11.6 Å². The van der Waals surface area contributed by atoms with E-state index in [1.807, 2.05) is 6.07 Å². The molecule has 3 nitrogen and oxygen atoms in total. The van der Waals surface area contributed by atoms with E-state index in [0.29, 0.717) is 5.92 Å². The number of benzene rings is 2. The fraction of sp³-hybridized carbons (Fsp3) is 0.286. The zero-order valence-corrected chi connectivity index (χ0v) is 14.8. The fourth-order valence-electron chi connectivity index (χ4n) is 3.55. The van der Waals surface area contributed by atoms with Gasteiger partial charge in [-0.3, -0.25) is 0 Å². The number of nitrogens with zero attached hydrogens (tertiary/aromatic N) is 1. The minimum Gasteiger partial charge on any atom is -0.365 e. The summed E-state index contributed by atoms with van der Waals surface area (Å²) in [5.74, 6) is 0.507. The predicted molar refractivity (Wildman–Crippen MR) is 101 cm³/mol. The van der Waals surface area contributed by atoms with Crippen molar-refractivity contribution in [1.29, 1.82) is 0 Å². The number of halogens is 1. The van der Waals surface area contributed by atoms with Crippen LogP contribution in [0.25, 0.3) is 11.1 Å². The second-order valence-electron chi connectivity index (χ2n) is 6.62. The Morgan fingerprint density at radius 3 is 2.72 bits per heavy atom. The molecule has 0 spiro atoms. The first-order chi connectivity index (χ1) is 12.3. The van der Waals surface area contributed by atoms with Gasteiger partial charge in [0.25, 0.3) is 0 Å². The Morgan fingerprint density at radius 2 is 2.00 bits per heavy atom. The average Bonchev–Trinajstić information content (AvgIpc) is 3.17. The van der Waals surface area contributed by atoms with E-state index in [2.05, 4.69) is 52.9 Å². The van der Waals surface area contributed by atoms with Crippen molar-refractivity contribution in [2.24, 2.45) is 0 Å². The van der Waals surface area contributed by atoms with Crippen LogP contribution in [0.3, 0.4) is 0 Å². The molecule has 2 aromatic carbocycles. The molecule has 1 fully saturated rings. The summed E-state index contributed by atoms with van der Waals surface area (Å²) >= 11 is 6.78. The number of rotatable bonds is 4. The lowest BCUT2D eigenvalue weighted by molar-refractivity contribution is 0.413.